The third kappa shape index (κ3) is 4.76. The average Bonchev–Trinajstić information content (AvgIpc) is 2.48. The van der Waals surface area contributed by atoms with E-state index in [4.69, 9.17) is 44.6 Å². The fraction of sp³-hybridized carbons (Fsp3) is 0.0667. The molecule has 0 aromatic heterocycles. The van der Waals surface area contributed by atoms with Gasteiger partial charge in [0.1, 0.15) is 5.75 Å². The number of aromatic carboxylic acids is 1. The van der Waals surface area contributed by atoms with E-state index in [2.05, 4.69) is 5.32 Å². The molecule has 0 aliphatic heterocycles. The van der Waals surface area contributed by atoms with Crippen molar-refractivity contribution in [1.82, 2.24) is 0 Å². The van der Waals surface area contributed by atoms with Gasteiger partial charge in [-0.2, -0.15) is 0 Å². The van der Waals surface area contributed by atoms with Gasteiger partial charge in [-0.1, -0.05) is 34.8 Å². The molecular formula is C15H10Cl3NO4. The van der Waals surface area contributed by atoms with Crippen molar-refractivity contribution in [3.63, 3.8) is 0 Å². The summed E-state index contributed by atoms with van der Waals surface area (Å²) in [6.07, 6.45) is 0. The van der Waals surface area contributed by atoms with Crippen molar-refractivity contribution in [2.45, 2.75) is 0 Å². The lowest BCUT2D eigenvalue weighted by Crippen LogP contribution is -2.20. The van der Waals surface area contributed by atoms with Crippen molar-refractivity contribution in [2.75, 3.05) is 11.9 Å². The van der Waals surface area contributed by atoms with Crippen LogP contribution < -0.4 is 10.1 Å². The Labute approximate surface area is 146 Å². The number of carboxylic acid groups (broad SMARTS) is 1. The standard InChI is InChI=1S/C15H10Cl3NO4/c16-8-1-4-13(12(18)5-8)23-7-14(20)19-9-2-3-11(17)10(6-9)15(21)22/h1-6H,7H2,(H,19,20)(H,21,22). The van der Waals surface area contributed by atoms with Gasteiger partial charge >= 0.3 is 5.97 Å². The van der Waals surface area contributed by atoms with Crippen LogP contribution in [0.15, 0.2) is 36.4 Å². The van der Waals surface area contributed by atoms with E-state index in [1.54, 1.807) is 12.1 Å². The van der Waals surface area contributed by atoms with Gasteiger partial charge in [0.15, 0.2) is 6.61 Å². The second-order valence-corrected chi connectivity index (χ2v) is 5.66. The molecule has 0 spiro atoms. The molecule has 2 rings (SSSR count). The van der Waals surface area contributed by atoms with Gasteiger partial charge in [0.25, 0.3) is 5.91 Å². The second kappa shape index (κ2) is 7.55. The van der Waals surface area contributed by atoms with Gasteiger partial charge in [-0.3, -0.25) is 4.79 Å². The summed E-state index contributed by atoms with van der Waals surface area (Å²) in [6.45, 7) is -0.299. The molecule has 0 heterocycles. The molecule has 2 N–H and O–H groups in total. The normalized spacial score (nSPS) is 10.2. The number of rotatable bonds is 5. The third-order valence-corrected chi connectivity index (χ3v) is 3.59. The van der Waals surface area contributed by atoms with Crippen LogP contribution in [0.2, 0.25) is 15.1 Å². The maximum atomic E-state index is 11.8. The molecule has 1 amide bonds. The summed E-state index contributed by atoms with van der Waals surface area (Å²) in [5.41, 5.74) is 0.189. The SMILES string of the molecule is O=C(COc1ccc(Cl)cc1Cl)Nc1ccc(Cl)c(C(=O)O)c1. The number of carboxylic acids is 1. The molecule has 5 nitrogen and oxygen atoms in total. The Kier molecular flexibility index (Phi) is 5.71. The zero-order chi connectivity index (χ0) is 17.0. The van der Waals surface area contributed by atoms with Gasteiger partial charge in [-0.15, -0.1) is 0 Å². The lowest BCUT2D eigenvalue weighted by molar-refractivity contribution is -0.118. The molecule has 0 saturated carbocycles. The number of carbonyl (C=O) groups is 2. The number of ether oxygens (including phenoxy) is 1. The van der Waals surface area contributed by atoms with E-state index in [-0.39, 0.29) is 22.2 Å². The maximum absolute atomic E-state index is 11.8. The first-order chi connectivity index (χ1) is 10.9. The van der Waals surface area contributed by atoms with Crippen molar-refractivity contribution in [3.8, 4) is 5.75 Å². The van der Waals surface area contributed by atoms with Crippen LogP contribution in [0.5, 0.6) is 5.75 Å². The van der Waals surface area contributed by atoms with E-state index in [0.29, 0.717) is 16.5 Å². The van der Waals surface area contributed by atoms with Crippen molar-refractivity contribution < 1.29 is 19.4 Å². The first-order valence-electron chi connectivity index (χ1n) is 6.27. The van der Waals surface area contributed by atoms with Crippen LogP contribution in [0.1, 0.15) is 10.4 Å². The Morgan fingerprint density at radius 1 is 1.04 bits per heavy atom. The molecule has 0 unspecified atom stereocenters. The predicted molar refractivity (Wildman–Crippen MR) is 89.0 cm³/mol. The molecule has 0 atom stereocenters. The number of benzene rings is 2. The van der Waals surface area contributed by atoms with Crippen LogP contribution in [0, 0.1) is 0 Å². The minimum Gasteiger partial charge on any atom is -0.482 e. The highest BCUT2D eigenvalue weighted by atomic mass is 35.5. The number of carbonyl (C=O) groups excluding carboxylic acids is 1. The Morgan fingerprint density at radius 3 is 2.43 bits per heavy atom. The first-order valence-corrected chi connectivity index (χ1v) is 7.41. The summed E-state index contributed by atoms with van der Waals surface area (Å²) in [7, 11) is 0. The van der Waals surface area contributed by atoms with Crippen LogP contribution in [0.3, 0.4) is 0 Å². The lowest BCUT2D eigenvalue weighted by Gasteiger charge is -2.10. The highest BCUT2D eigenvalue weighted by Gasteiger charge is 2.12. The summed E-state index contributed by atoms with van der Waals surface area (Å²) in [5, 5.41) is 12.3. The van der Waals surface area contributed by atoms with E-state index < -0.39 is 11.9 Å². The molecule has 0 radical (unpaired) electrons. The molecular weight excluding hydrogens is 365 g/mol. The number of anilines is 1. The van der Waals surface area contributed by atoms with Gasteiger partial charge < -0.3 is 15.2 Å². The number of hydrogen-bond donors (Lipinski definition) is 2. The van der Waals surface area contributed by atoms with Crippen LogP contribution in [0.25, 0.3) is 0 Å². The van der Waals surface area contributed by atoms with Crippen molar-refractivity contribution in [2.24, 2.45) is 0 Å². The summed E-state index contributed by atoms with van der Waals surface area (Å²) in [5.74, 6) is -1.35. The molecule has 0 aliphatic carbocycles. The van der Waals surface area contributed by atoms with Gasteiger partial charge in [-0.05, 0) is 36.4 Å². The molecule has 8 heteroatoms. The Morgan fingerprint density at radius 2 is 1.78 bits per heavy atom. The van der Waals surface area contributed by atoms with Crippen LogP contribution in [-0.4, -0.2) is 23.6 Å². The average molecular weight is 375 g/mol. The van der Waals surface area contributed by atoms with E-state index in [1.807, 2.05) is 0 Å². The number of nitrogens with one attached hydrogen (secondary N) is 1. The molecule has 2 aromatic rings. The fourth-order valence-corrected chi connectivity index (χ4v) is 2.36. The van der Waals surface area contributed by atoms with E-state index in [1.165, 1.54) is 24.3 Å². The summed E-state index contributed by atoms with van der Waals surface area (Å²) in [6, 6.07) is 8.76. The number of amides is 1. The zero-order valence-electron chi connectivity index (χ0n) is 11.5. The minimum absolute atomic E-state index is 0.0831. The predicted octanol–water partition coefficient (Wildman–Crippen LogP) is 4.36. The van der Waals surface area contributed by atoms with Gasteiger partial charge in [0.2, 0.25) is 0 Å². The van der Waals surface area contributed by atoms with E-state index in [0.717, 1.165) is 0 Å². The molecule has 120 valence electrons. The smallest absolute Gasteiger partial charge is 0.337 e. The summed E-state index contributed by atoms with van der Waals surface area (Å²) < 4.78 is 5.28. The third-order valence-electron chi connectivity index (χ3n) is 2.73. The molecule has 2 aromatic carbocycles. The number of halogens is 3. The highest BCUT2D eigenvalue weighted by molar-refractivity contribution is 6.35. The topological polar surface area (TPSA) is 75.6 Å². The minimum atomic E-state index is -1.18. The Bertz CT molecular complexity index is 764. The largest absolute Gasteiger partial charge is 0.482 e. The zero-order valence-corrected chi connectivity index (χ0v) is 13.7. The monoisotopic (exact) mass is 373 g/mol. The summed E-state index contributed by atoms with van der Waals surface area (Å²) in [4.78, 5) is 22.8. The van der Waals surface area contributed by atoms with Crippen LogP contribution in [-0.2, 0) is 4.79 Å². The molecule has 0 bridgehead atoms. The van der Waals surface area contributed by atoms with Crippen LogP contribution in [0.4, 0.5) is 5.69 Å². The fourth-order valence-electron chi connectivity index (χ4n) is 1.70. The van der Waals surface area contributed by atoms with Crippen molar-refractivity contribution >= 4 is 52.4 Å². The molecule has 0 fully saturated rings. The first kappa shape index (κ1) is 17.4. The van der Waals surface area contributed by atoms with Gasteiger partial charge in [-0.25, -0.2) is 4.79 Å². The van der Waals surface area contributed by atoms with E-state index in [9.17, 15) is 9.59 Å². The molecule has 23 heavy (non-hydrogen) atoms. The van der Waals surface area contributed by atoms with Crippen molar-refractivity contribution in [1.29, 1.82) is 0 Å². The molecule has 0 aliphatic rings. The van der Waals surface area contributed by atoms with Gasteiger partial charge in [0, 0.05) is 10.7 Å². The Balaban J connectivity index is 2.00. The van der Waals surface area contributed by atoms with E-state index >= 15 is 0 Å². The quantitative estimate of drug-likeness (QED) is 0.815. The number of hydrogen-bond acceptors (Lipinski definition) is 3. The maximum Gasteiger partial charge on any atom is 0.337 e. The van der Waals surface area contributed by atoms with Crippen LogP contribution >= 0.6 is 34.8 Å². The summed E-state index contributed by atoms with van der Waals surface area (Å²) >= 11 is 17.4. The van der Waals surface area contributed by atoms with Crippen molar-refractivity contribution in [3.05, 3.63) is 57.0 Å². The lowest BCUT2D eigenvalue weighted by atomic mass is 10.2. The molecule has 0 saturated heterocycles. The van der Waals surface area contributed by atoms with Gasteiger partial charge in [0.05, 0.1) is 15.6 Å². The highest BCUT2D eigenvalue weighted by Crippen LogP contribution is 2.27. The second-order valence-electron chi connectivity index (χ2n) is 4.41. The Hall–Kier alpha value is -1.95.